The van der Waals surface area contributed by atoms with Gasteiger partial charge in [-0.2, -0.15) is 25.1 Å². The Balaban J connectivity index is 1.80. The standard InChI is InChI=1S/C18H15N9/c1-10(2)14-16(18-25-20-11(3)27(18)26-14)22-24-17-13(9-19)15(21-23-17)12-7-5-4-6-8-12/h4-8,25H,1H2,2-3H3,(H,21,23). The predicted molar refractivity (Wildman–Crippen MR) is 99.7 cm³/mol. The van der Waals surface area contributed by atoms with Crippen molar-refractivity contribution in [1.29, 1.82) is 5.26 Å². The second-order valence-electron chi connectivity index (χ2n) is 5.98. The summed E-state index contributed by atoms with van der Waals surface area (Å²) in [7, 11) is 0. The number of azo groups is 1. The maximum absolute atomic E-state index is 9.57. The minimum Gasteiger partial charge on any atom is -0.258 e. The fraction of sp³-hybridized carbons (Fsp3) is 0.111. The highest BCUT2D eigenvalue weighted by atomic mass is 15.4. The number of hydrogen-bond donors (Lipinski definition) is 2. The van der Waals surface area contributed by atoms with Gasteiger partial charge in [0.2, 0.25) is 0 Å². The molecule has 0 fully saturated rings. The zero-order chi connectivity index (χ0) is 19.0. The molecule has 0 bridgehead atoms. The van der Waals surface area contributed by atoms with Gasteiger partial charge in [-0.15, -0.1) is 10.2 Å². The van der Waals surface area contributed by atoms with Crippen molar-refractivity contribution in [2.45, 2.75) is 13.8 Å². The molecule has 0 atom stereocenters. The summed E-state index contributed by atoms with van der Waals surface area (Å²) in [5.41, 5.74) is 4.15. The van der Waals surface area contributed by atoms with E-state index in [2.05, 4.69) is 48.4 Å². The summed E-state index contributed by atoms with van der Waals surface area (Å²) in [5.74, 6) is 0.971. The van der Waals surface area contributed by atoms with Crippen molar-refractivity contribution in [3.8, 4) is 17.3 Å². The number of H-pyrrole nitrogens is 2. The number of aromatic nitrogens is 6. The van der Waals surface area contributed by atoms with Gasteiger partial charge >= 0.3 is 0 Å². The van der Waals surface area contributed by atoms with E-state index < -0.39 is 0 Å². The highest BCUT2D eigenvalue weighted by Crippen LogP contribution is 2.32. The number of allylic oxidation sites excluding steroid dienone is 1. The summed E-state index contributed by atoms with van der Waals surface area (Å²) in [6.45, 7) is 7.61. The Bertz CT molecular complexity index is 1220. The van der Waals surface area contributed by atoms with Crippen LogP contribution in [0.2, 0.25) is 0 Å². The van der Waals surface area contributed by atoms with Crippen molar-refractivity contribution in [3.63, 3.8) is 0 Å². The summed E-state index contributed by atoms with van der Waals surface area (Å²) >= 11 is 0. The van der Waals surface area contributed by atoms with Crippen LogP contribution in [0.4, 0.5) is 11.5 Å². The molecular formula is C18H15N9. The molecule has 0 saturated heterocycles. The topological polar surface area (TPSA) is 123 Å². The number of rotatable bonds is 4. The summed E-state index contributed by atoms with van der Waals surface area (Å²) in [6, 6.07) is 11.6. The molecule has 0 spiro atoms. The second kappa shape index (κ2) is 6.34. The van der Waals surface area contributed by atoms with Crippen molar-refractivity contribution >= 4 is 22.7 Å². The lowest BCUT2D eigenvalue weighted by Crippen LogP contribution is -1.89. The normalized spacial score (nSPS) is 11.3. The third kappa shape index (κ3) is 2.69. The third-order valence-electron chi connectivity index (χ3n) is 4.05. The van der Waals surface area contributed by atoms with Crippen LogP contribution in [0, 0.1) is 18.3 Å². The van der Waals surface area contributed by atoms with Crippen molar-refractivity contribution < 1.29 is 0 Å². The molecule has 2 N–H and O–H groups in total. The van der Waals surface area contributed by atoms with Crippen molar-refractivity contribution in [2.24, 2.45) is 10.2 Å². The van der Waals surface area contributed by atoms with Crippen LogP contribution in [-0.2, 0) is 0 Å². The molecule has 0 radical (unpaired) electrons. The van der Waals surface area contributed by atoms with Crippen LogP contribution in [0.15, 0.2) is 47.1 Å². The van der Waals surface area contributed by atoms with Crippen LogP contribution in [-0.4, -0.2) is 30.0 Å². The first-order valence-electron chi connectivity index (χ1n) is 8.15. The van der Waals surface area contributed by atoms with Crippen LogP contribution >= 0.6 is 0 Å². The molecule has 3 aromatic heterocycles. The van der Waals surface area contributed by atoms with E-state index in [0.29, 0.717) is 34.1 Å². The maximum Gasteiger partial charge on any atom is 0.189 e. The molecule has 3 heterocycles. The van der Waals surface area contributed by atoms with Gasteiger partial charge in [0, 0.05) is 5.56 Å². The molecule has 0 aliphatic carbocycles. The van der Waals surface area contributed by atoms with Crippen molar-refractivity contribution in [3.05, 3.63) is 54.0 Å². The van der Waals surface area contributed by atoms with E-state index in [1.54, 1.807) is 4.52 Å². The minimum absolute atomic E-state index is 0.277. The minimum atomic E-state index is 0.277. The molecule has 0 saturated carbocycles. The van der Waals surface area contributed by atoms with Crippen molar-refractivity contribution in [1.82, 2.24) is 30.0 Å². The molecule has 0 amide bonds. The van der Waals surface area contributed by atoms with Gasteiger partial charge in [-0.25, -0.2) is 0 Å². The van der Waals surface area contributed by atoms with Gasteiger partial charge < -0.3 is 0 Å². The van der Waals surface area contributed by atoms with Gasteiger partial charge in [-0.05, 0) is 19.4 Å². The number of hydrogen-bond acceptors (Lipinski definition) is 6. The molecular weight excluding hydrogens is 342 g/mol. The van der Waals surface area contributed by atoms with E-state index in [4.69, 9.17) is 0 Å². The van der Waals surface area contributed by atoms with E-state index in [0.717, 1.165) is 11.1 Å². The van der Waals surface area contributed by atoms with Crippen LogP contribution in [0.3, 0.4) is 0 Å². The van der Waals surface area contributed by atoms with Gasteiger partial charge in [0.15, 0.2) is 17.2 Å². The Hall–Kier alpha value is -4.06. The molecule has 0 aliphatic heterocycles. The number of nitrogens with one attached hydrogen (secondary N) is 2. The number of nitrogens with zero attached hydrogens (tertiary/aromatic N) is 7. The molecule has 27 heavy (non-hydrogen) atoms. The second-order valence-corrected chi connectivity index (χ2v) is 5.98. The number of aromatic amines is 2. The Morgan fingerprint density at radius 2 is 1.96 bits per heavy atom. The van der Waals surface area contributed by atoms with E-state index in [1.165, 1.54) is 0 Å². The first-order chi connectivity index (χ1) is 13.1. The summed E-state index contributed by atoms with van der Waals surface area (Å²) in [6.07, 6.45) is 0. The van der Waals surface area contributed by atoms with Crippen LogP contribution in [0.5, 0.6) is 0 Å². The average Bonchev–Trinajstić information content (AvgIpc) is 3.35. The molecule has 9 heteroatoms. The van der Waals surface area contributed by atoms with E-state index in [9.17, 15) is 5.26 Å². The lowest BCUT2D eigenvalue weighted by atomic mass is 10.1. The first-order valence-corrected chi connectivity index (χ1v) is 8.15. The summed E-state index contributed by atoms with van der Waals surface area (Å²) < 4.78 is 1.64. The highest BCUT2D eigenvalue weighted by Gasteiger charge is 2.18. The van der Waals surface area contributed by atoms with Crippen LogP contribution in [0.1, 0.15) is 24.0 Å². The van der Waals surface area contributed by atoms with Gasteiger partial charge in [0.1, 0.15) is 28.8 Å². The van der Waals surface area contributed by atoms with Gasteiger partial charge in [-0.1, -0.05) is 36.9 Å². The zero-order valence-electron chi connectivity index (χ0n) is 14.7. The van der Waals surface area contributed by atoms with Crippen LogP contribution < -0.4 is 0 Å². The lowest BCUT2D eigenvalue weighted by Gasteiger charge is -1.96. The molecule has 132 valence electrons. The monoisotopic (exact) mass is 357 g/mol. The highest BCUT2D eigenvalue weighted by molar-refractivity contribution is 5.79. The molecule has 0 aliphatic rings. The van der Waals surface area contributed by atoms with Crippen LogP contribution in [0.25, 0.3) is 22.5 Å². The summed E-state index contributed by atoms with van der Waals surface area (Å²) in [4.78, 5) is 0. The Labute approximate surface area is 154 Å². The molecule has 4 aromatic rings. The van der Waals surface area contributed by atoms with Gasteiger partial charge in [-0.3, -0.25) is 10.2 Å². The van der Waals surface area contributed by atoms with Gasteiger partial charge in [0.05, 0.1) is 0 Å². The number of benzene rings is 1. The number of aryl methyl sites for hydroxylation is 1. The Morgan fingerprint density at radius 3 is 2.67 bits per heavy atom. The quantitative estimate of drug-likeness (QED) is 0.534. The molecule has 9 nitrogen and oxygen atoms in total. The largest absolute Gasteiger partial charge is 0.258 e. The Kier molecular flexibility index (Phi) is 3.86. The predicted octanol–water partition coefficient (Wildman–Crippen LogP) is 4.08. The fourth-order valence-corrected chi connectivity index (χ4v) is 2.72. The fourth-order valence-electron chi connectivity index (χ4n) is 2.72. The van der Waals surface area contributed by atoms with Crippen molar-refractivity contribution in [2.75, 3.05) is 0 Å². The maximum atomic E-state index is 9.57. The third-order valence-corrected chi connectivity index (χ3v) is 4.05. The smallest absolute Gasteiger partial charge is 0.189 e. The Morgan fingerprint density at radius 1 is 1.19 bits per heavy atom. The van der Waals surface area contributed by atoms with Gasteiger partial charge in [0.25, 0.3) is 0 Å². The molecule has 4 rings (SSSR count). The first kappa shape index (κ1) is 16.4. The van der Waals surface area contributed by atoms with E-state index >= 15 is 0 Å². The summed E-state index contributed by atoms with van der Waals surface area (Å²) in [5, 5.41) is 36.6. The SMILES string of the molecule is C=C(C)c1nn2c(C)n[nH]c2c1N=Nc1[nH]nc(-c2ccccc2)c1C#N. The molecule has 0 unspecified atom stereocenters. The number of nitriles is 1. The zero-order valence-corrected chi connectivity index (χ0v) is 14.7. The number of fused-ring (bicyclic) bond motifs is 1. The van der Waals surface area contributed by atoms with E-state index in [-0.39, 0.29) is 5.82 Å². The molecule has 1 aromatic carbocycles. The lowest BCUT2D eigenvalue weighted by molar-refractivity contribution is 0.886. The van der Waals surface area contributed by atoms with E-state index in [1.807, 2.05) is 44.2 Å². The average molecular weight is 357 g/mol.